The maximum absolute atomic E-state index is 11.7. The Balaban J connectivity index is 2.59. The number of hydrogen-bond acceptors (Lipinski definition) is 4. The van der Waals surface area contributed by atoms with Crippen molar-refractivity contribution >= 4 is 11.9 Å². The van der Waals surface area contributed by atoms with Crippen LogP contribution in [0.15, 0.2) is 24.3 Å². The van der Waals surface area contributed by atoms with Crippen LogP contribution >= 0.6 is 0 Å². The smallest absolute Gasteiger partial charge is 0.326 e. The predicted molar refractivity (Wildman–Crippen MR) is 77.3 cm³/mol. The summed E-state index contributed by atoms with van der Waals surface area (Å²) in [4.78, 5) is 22.6. The van der Waals surface area contributed by atoms with E-state index in [2.05, 4.69) is 5.32 Å². The third-order valence-electron chi connectivity index (χ3n) is 2.95. The molecule has 0 bridgehead atoms. The maximum atomic E-state index is 11.7. The van der Waals surface area contributed by atoms with Crippen molar-refractivity contribution in [2.45, 2.75) is 32.2 Å². The van der Waals surface area contributed by atoms with Gasteiger partial charge in [-0.25, -0.2) is 4.79 Å². The second-order valence-corrected chi connectivity index (χ2v) is 4.95. The van der Waals surface area contributed by atoms with Crippen LogP contribution in [0.3, 0.4) is 0 Å². The molecule has 0 saturated carbocycles. The van der Waals surface area contributed by atoms with Crippen LogP contribution in [0.1, 0.15) is 31.7 Å². The van der Waals surface area contributed by atoms with Gasteiger partial charge in [0.2, 0.25) is 0 Å². The summed E-state index contributed by atoms with van der Waals surface area (Å²) in [5, 5.41) is 20.0. The van der Waals surface area contributed by atoms with Crippen molar-refractivity contribution in [2.24, 2.45) is 0 Å². The normalized spacial score (nSPS) is 12.0. The van der Waals surface area contributed by atoms with Gasteiger partial charge in [-0.3, -0.25) is 4.79 Å². The lowest BCUT2D eigenvalue weighted by Gasteiger charge is -2.16. The molecule has 1 aromatic carbocycles. The highest BCUT2D eigenvalue weighted by Gasteiger charge is 2.19. The number of carboxylic acid groups (broad SMARTS) is 1. The van der Waals surface area contributed by atoms with Gasteiger partial charge in [0.05, 0.1) is 0 Å². The fourth-order valence-corrected chi connectivity index (χ4v) is 1.85. The Bertz CT molecular complexity index is 487. The van der Waals surface area contributed by atoms with E-state index in [1.54, 1.807) is 6.07 Å². The number of nitrogens with one attached hydrogen (secondary N) is 1. The average molecular weight is 295 g/mol. The number of amides is 1. The summed E-state index contributed by atoms with van der Waals surface area (Å²) in [6.07, 6.45) is -0.0380. The molecule has 21 heavy (non-hydrogen) atoms. The fraction of sp³-hybridized carbons (Fsp3) is 0.467. The van der Waals surface area contributed by atoms with E-state index in [1.807, 2.05) is 32.0 Å². The third kappa shape index (κ3) is 5.43. The third-order valence-corrected chi connectivity index (χ3v) is 2.95. The largest absolute Gasteiger partial charge is 0.483 e. The zero-order valence-electron chi connectivity index (χ0n) is 12.2. The van der Waals surface area contributed by atoms with E-state index in [4.69, 9.17) is 14.9 Å². The molecular weight excluding hydrogens is 274 g/mol. The second-order valence-electron chi connectivity index (χ2n) is 4.95. The number of para-hydroxylation sites is 1. The van der Waals surface area contributed by atoms with Gasteiger partial charge in [0, 0.05) is 13.0 Å². The molecule has 0 spiro atoms. The highest BCUT2D eigenvalue weighted by atomic mass is 16.5. The topological polar surface area (TPSA) is 95.9 Å². The zero-order chi connectivity index (χ0) is 15.8. The van der Waals surface area contributed by atoms with Crippen LogP contribution in [0.4, 0.5) is 0 Å². The van der Waals surface area contributed by atoms with Gasteiger partial charge in [0.15, 0.2) is 6.61 Å². The lowest BCUT2D eigenvalue weighted by molar-refractivity contribution is -0.142. The molecule has 0 aliphatic carbocycles. The standard InChI is InChI=1S/C15H21NO5/c1-10(2)11-5-3-4-6-13(11)21-9-14(18)16-12(7-8-17)15(19)20/h3-6,10,12,17H,7-9H2,1-2H3,(H,16,18)(H,19,20)/t12-/m1/s1. The number of hydrogen-bond donors (Lipinski definition) is 3. The number of ether oxygens (including phenoxy) is 1. The minimum Gasteiger partial charge on any atom is -0.483 e. The number of aliphatic hydroxyl groups excluding tert-OH is 1. The SMILES string of the molecule is CC(C)c1ccccc1OCC(=O)N[C@H](CCO)C(=O)O. The van der Waals surface area contributed by atoms with Crippen molar-refractivity contribution in [3.8, 4) is 5.75 Å². The molecule has 6 heteroatoms. The van der Waals surface area contributed by atoms with E-state index in [0.717, 1.165) is 5.56 Å². The summed E-state index contributed by atoms with van der Waals surface area (Å²) in [6.45, 7) is 3.46. The Kier molecular flexibility index (Phi) is 6.68. The Morgan fingerprint density at radius 2 is 1.95 bits per heavy atom. The minimum atomic E-state index is -1.18. The molecule has 116 valence electrons. The van der Waals surface area contributed by atoms with Crippen LogP contribution < -0.4 is 10.1 Å². The quantitative estimate of drug-likeness (QED) is 0.668. The van der Waals surface area contributed by atoms with E-state index in [9.17, 15) is 9.59 Å². The molecule has 1 amide bonds. The Morgan fingerprint density at radius 1 is 1.29 bits per heavy atom. The summed E-state index contributed by atoms with van der Waals surface area (Å²) in [7, 11) is 0. The zero-order valence-corrected chi connectivity index (χ0v) is 12.2. The molecular formula is C15H21NO5. The Morgan fingerprint density at radius 3 is 2.52 bits per heavy atom. The second kappa shape index (κ2) is 8.26. The van der Waals surface area contributed by atoms with Gasteiger partial charge in [-0.2, -0.15) is 0 Å². The number of rotatable bonds is 8. The highest BCUT2D eigenvalue weighted by molar-refractivity contribution is 5.84. The van der Waals surface area contributed by atoms with Gasteiger partial charge in [-0.05, 0) is 17.5 Å². The van der Waals surface area contributed by atoms with Gasteiger partial charge >= 0.3 is 5.97 Å². The Hall–Kier alpha value is -2.08. The Labute approximate surface area is 123 Å². The molecule has 3 N–H and O–H groups in total. The van der Waals surface area contributed by atoms with Crippen LogP contribution in [-0.4, -0.2) is 41.3 Å². The van der Waals surface area contributed by atoms with Gasteiger partial charge in [-0.1, -0.05) is 32.0 Å². The number of carboxylic acids is 1. The van der Waals surface area contributed by atoms with Crippen molar-refractivity contribution in [3.63, 3.8) is 0 Å². The first-order valence-corrected chi connectivity index (χ1v) is 6.80. The van der Waals surface area contributed by atoms with Crippen LogP contribution in [0.2, 0.25) is 0 Å². The average Bonchev–Trinajstić information content (AvgIpc) is 2.44. The van der Waals surface area contributed by atoms with E-state index >= 15 is 0 Å². The van der Waals surface area contributed by atoms with E-state index in [-0.39, 0.29) is 25.6 Å². The van der Waals surface area contributed by atoms with Crippen LogP contribution in [-0.2, 0) is 9.59 Å². The molecule has 0 aromatic heterocycles. The van der Waals surface area contributed by atoms with Crippen LogP contribution in [0, 0.1) is 0 Å². The van der Waals surface area contributed by atoms with E-state index < -0.39 is 17.9 Å². The number of benzene rings is 1. The molecule has 1 atom stereocenters. The number of carbonyl (C=O) groups is 2. The highest BCUT2D eigenvalue weighted by Crippen LogP contribution is 2.25. The number of aliphatic hydroxyl groups is 1. The molecule has 0 unspecified atom stereocenters. The van der Waals surface area contributed by atoms with Crippen molar-refractivity contribution in [1.29, 1.82) is 0 Å². The van der Waals surface area contributed by atoms with Gasteiger partial charge < -0.3 is 20.3 Å². The first-order valence-electron chi connectivity index (χ1n) is 6.80. The molecule has 0 fully saturated rings. The monoisotopic (exact) mass is 295 g/mol. The first-order chi connectivity index (χ1) is 9.95. The van der Waals surface area contributed by atoms with Crippen molar-refractivity contribution in [2.75, 3.05) is 13.2 Å². The van der Waals surface area contributed by atoms with Crippen LogP contribution in [0.25, 0.3) is 0 Å². The summed E-state index contributed by atoms with van der Waals surface area (Å²) in [5.41, 5.74) is 0.982. The first kappa shape index (κ1) is 17.0. The van der Waals surface area contributed by atoms with Crippen molar-refractivity contribution < 1.29 is 24.5 Å². The number of carbonyl (C=O) groups excluding carboxylic acids is 1. The molecule has 1 aromatic rings. The van der Waals surface area contributed by atoms with Gasteiger partial charge in [0.1, 0.15) is 11.8 Å². The van der Waals surface area contributed by atoms with Gasteiger partial charge in [-0.15, -0.1) is 0 Å². The van der Waals surface area contributed by atoms with Gasteiger partial charge in [0.25, 0.3) is 5.91 Å². The minimum absolute atomic E-state index is 0.0380. The summed E-state index contributed by atoms with van der Waals surface area (Å²) in [5.74, 6) is -0.850. The molecule has 6 nitrogen and oxygen atoms in total. The number of aliphatic carboxylic acids is 1. The summed E-state index contributed by atoms with van der Waals surface area (Å²) in [6, 6.07) is 6.29. The van der Waals surface area contributed by atoms with Crippen molar-refractivity contribution in [1.82, 2.24) is 5.32 Å². The predicted octanol–water partition coefficient (Wildman–Crippen LogP) is 1.14. The lowest BCUT2D eigenvalue weighted by atomic mass is 10.0. The molecule has 1 rings (SSSR count). The maximum Gasteiger partial charge on any atom is 0.326 e. The van der Waals surface area contributed by atoms with Crippen LogP contribution in [0.5, 0.6) is 5.75 Å². The molecule has 0 aliphatic heterocycles. The fourth-order valence-electron chi connectivity index (χ4n) is 1.85. The van der Waals surface area contributed by atoms with E-state index in [0.29, 0.717) is 5.75 Å². The lowest BCUT2D eigenvalue weighted by Crippen LogP contribution is -2.43. The molecule has 0 aliphatic rings. The molecule has 0 heterocycles. The summed E-state index contributed by atoms with van der Waals surface area (Å²) >= 11 is 0. The van der Waals surface area contributed by atoms with Crippen molar-refractivity contribution in [3.05, 3.63) is 29.8 Å². The molecule has 0 radical (unpaired) electrons. The molecule has 0 saturated heterocycles. The van der Waals surface area contributed by atoms with E-state index in [1.165, 1.54) is 0 Å². The summed E-state index contributed by atoms with van der Waals surface area (Å²) < 4.78 is 5.45.